The highest BCUT2D eigenvalue weighted by Crippen LogP contribution is 2.23. The number of hydrogen-bond donors (Lipinski definition) is 1. The van der Waals surface area contributed by atoms with Gasteiger partial charge in [0.05, 0.1) is 12.3 Å². The molecule has 0 bridgehead atoms. The number of halogens is 2. The molecule has 0 spiro atoms. The third-order valence-electron chi connectivity index (χ3n) is 3.34. The van der Waals surface area contributed by atoms with Crippen LogP contribution < -0.4 is 5.43 Å². The lowest BCUT2D eigenvalue weighted by Gasteiger charge is -2.08. The van der Waals surface area contributed by atoms with Gasteiger partial charge >= 0.3 is 0 Å². The second-order valence-corrected chi connectivity index (χ2v) is 5.60. The molecule has 0 amide bonds. The highest BCUT2D eigenvalue weighted by atomic mass is 35.5. The molecule has 2 aromatic carbocycles. The lowest BCUT2D eigenvalue weighted by Crippen LogP contribution is -2.10. The van der Waals surface area contributed by atoms with Crippen molar-refractivity contribution in [3.63, 3.8) is 0 Å². The quantitative estimate of drug-likeness (QED) is 0.603. The summed E-state index contributed by atoms with van der Waals surface area (Å²) in [5.74, 6) is 0. The Bertz CT molecular complexity index is 613. The minimum Gasteiger partial charge on any atom is -0.305 e. The first-order valence-corrected chi connectivity index (χ1v) is 7.66. The molecule has 0 aromatic heterocycles. The molecule has 2 aromatic rings. The average Bonchev–Trinajstić information content (AvgIpc) is 2.50. The van der Waals surface area contributed by atoms with Crippen molar-refractivity contribution in [3.8, 4) is 0 Å². The topological polar surface area (TPSA) is 24.4 Å². The fourth-order valence-electron chi connectivity index (χ4n) is 1.98. The molecule has 0 fully saturated rings. The number of aryl methyl sites for hydroxylation is 1. The summed E-state index contributed by atoms with van der Waals surface area (Å²) in [6.45, 7) is 4.62. The Morgan fingerprint density at radius 3 is 2.24 bits per heavy atom. The van der Waals surface area contributed by atoms with Crippen LogP contribution in [0.15, 0.2) is 47.6 Å². The maximum absolute atomic E-state index is 6.12. The molecular formula is C17H18Cl2N2. The van der Waals surface area contributed by atoms with E-state index in [0.717, 1.165) is 23.3 Å². The molecule has 2 nitrogen and oxygen atoms in total. The molecule has 1 N–H and O–H groups in total. The van der Waals surface area contributed by atoms with Crippen LogP contribution in [0.1, 0.15) is 30.5 Å². The highest BCUT2D eigenvalue weighted by Gasteiger charge is 2.04. The molecule has 0 heterocycles. The predicted octanol–water partition coefficient (Wildman–Crippen LogP) is 5.07. The van der Waals surface area contributed by atoms with E-state index in [-0.39, 0.29) is 0 Å². The maximum atomic E-state index is 6.12. The van der Waals surface area contributed by atoms with Crippen molar-refractivity contribution in [2.75, 3.05) is 0 Å². The van der Waals surface area contributed by atoms with Crippen LogP contribution in [0, 0.1) is 0 Å². The number of nitrogens with zero attached hydrogens (tertiary/aromatic N) is 1. The predicted molar refractivity (Wildman–Crippen MR) is 91.3 cm³/mol. The number of hydrazone groups is 1. The van der Waals surface area contributed by atoms with Gasteiger partial charge in [0.1, 0.15) is 0 Å². The van der Waals surface area contributed by atoms with Crippen LogP contribution in [0.3, 0.4) is 0 Å². The summed E-state index contributed by atoms with van der Waals surface area (Å²) >= 11 is 12.2. The molecular weight excluding hydrogens is 303 g/mol. The molecule has 4 heteroatoms. The zero-order valence-corrected chi connectivity index (χ0v) is 13.7. The van der Waals surface area contributed by atoms with Gasteiger partial charge in [-0.2, -0.15) is 5.10 Å². The standard InChI is InChI=1S/C17H18Cl2N2/c1-3-13-7-9-14(10-8-13)12(2)21-20-11-15-16(18)5-4-6-17(15)19/h4-10,20H,3,11H2,1-2H3/b21-12+. The molecule has 0 aliphatic heterocycles. The van der Waals surface area contributed by atoms with Gasteiger partial charge < -0.3 is 5.43 Å². The summed E-state index contributed by atoms with van der Waals surface area (Å²) in [6.07, 6.45) is 1.04. The third-order valence-corrected chi connectivity index (χ3v) is 4.05. The number of benzene rings is 2. The van der Waals surface area contributed by atoms with Crippen molar-refractivity contribution in [1.29, 1.82) is 0 Å². The summed E-state index contributed by atoms with van der Waals surface area (Å²) in [6, 6.07) is 13.9. The SMILES string of the molecule is CCc1ccc(/C(C)=N/NCc2c(Cl)cccc2Cl)cc1. The zero-order valence-electron chi connectivity index (χ0n) is 12.2. The van der Waals surface area contributed by atoms with E-state index in [4.69, 9.17) is 23.2 Å². The van der Waals surface area contributed by atoms with Gasteiger partial charge in [0.2, 0.25) is 0 Å². The van der Waals surface area contributed by atoms with Crippen LogP contribution in [0.25, 0.3) is 0 Å². The van der Waals surface area contributed by atoms with Gasteiger partial charge in [-0.3, -0.25) is 0 Å². The maximum Gasteiger partial charge on any atom is 0.0644 e. The van der Waals surface area contributed by atoms with E-state index in [0.29, 0.717) is 16.6 Å². The van der Waals surface area contributed by atoms with E-state index < -0.39 is 0 Å². The Morgan fingerprint density at radius 2 is 1.67 bits per heavy atom. The highest BCUT2D eigenvalue weighted by molar-refractivity contribution is 6.35. The summed E-state index contributed by atoms with van der Waals surface area (Å²) in [4.78, 5) is 0. The summed E-state index contributed by atoms with van der Waals surface area (Å²) < 4.78 is 0. The second-order valence-electron chi connectivity index (χ2n) is 4.78. The summed E-state index contributed by atoms with van der Waals surface area (Å²) in [5, 5.41) is 5.67. The largest absolute Gasteiger partial charge is 0.305 e. The van der Waals surface area contributed by atoms with E-state index in [9.17, 15) is 0 Å². The Morgan fingerprint density at radius 1 is 1.05 bits per heavy atom. The minimum atomic E-state index is 0.503. The molecule has 2 rings (SSSR count). The Labute approximate surface area is 135 Å². The van der Waals surface area contributed by atoms with E-state index in [2.05, 4.69) is 41.7 Å². The van der Waals surface area contributed by atoms with E-state index in [1.807, 2.05) is 25.1 Å². The van der Waals surface area contributed by atoms with Crippen LogP contribution in [0.4, 0.5) is 0 Å². The minimum absolute atomic E-state index is 0.503. The van der Waals surface area contributed by atoms with Crippen LogP contribution >= 0.6 is 23.2 Å². The normalized spacial score (nSPS) is 11.5. The van der Waals surface area contributed by atoms with Gasteiger partial charge in [0.25, 0.3) is 0 Å². The zero-order chi connectivity index (χ0) is 15.2. The molecule has 0 saturated heterocycles. The fraction of sp³-hybridized carbons (Fsp3) is 0.235. The van der Waals surface area contributed by atoms with Gasteiger partial charge in [-0.25, -0.2) is 0 Å². The van der Waals surface area contributed by atoms with E-state index in [1.165, 1.54) is 5.56 Å². The smallest absolute Gasteiger partial charge is 0.0644 e. The van der Waals surface area contributed by atoms with Gasteiger partial charge in [-0.15, -0.1) is 0 Å². The van der Waals surface area contributed by atoms with Gasteiger partial charge in [0.15, 0.2) is 0 Å². The number of hydrogen-bond acceptors (Lipinski definition) is 2. The van der Waals surface area contributed by atoms with Crippen LogP contribution in [0.2, 0.25) is 10.0 Å². The molecule has 0 unspecified atom stereocenters. The average molecular weight is 321 g/mol. The Kier molecular flexibility index (Phi) is 5.66. The molecule has 21 heavy (non-hydrogen) atoms. The van der Waals surface area contributed by atoms with Crippen molar-refractivity contribution in [1.82, 2.24) is 5.43 Å². The molecule has 0 saturated carbocycles. The molecule has 0 aliphatic rings. The Hall–Kier alpha value is -1.51. The fourth-order valence-corrected chi connectivity index (χ4v) is 2.52. The van der Waals surface area contributed by atoms with Crippen LogP contribution in [0.5, 0.6) is 0 Å². The summed E-state index contributed by atoms with van der Waals surface area (Å²) in [7, 11) is 0. The number of nitrogens with one attached hydrogen (secondary N) is 1. The van der Waals surface area contributed by atoms with Crippen molar-refractivity contribution in [2.24, 2.45) is 5.10 Å². The lowest BCUT2D eigenvalue weighted by molar-refractivity contribution is 0.744. The first kappa shape index (κ1) is 15.9. The first-order valence-electron chi connectivity index (χ1n) is 6.91. The Balaban J connectivity index is 2.03. The van der Waals surface area contributed by atoms with Crippen molar-refractivity contribution >= 4 is 28.9 Å². The molecule has 0 radical (unpaired) electrons. The van der Waals surface area contributed by atoms with Crippen LogP contribution in [-0.4, -0.2) is 5.71 Å². The molecule has 0 atom stereocenters. The van der Waals surface area contributed by atoms with Gasteiger partial charge in [-0.1, -0.05) is 60.5 Å². The monoisotopic (exact) mass is 320 g/mol. The van der Waals surface area contributed by atoms with E-state index >= 15 is 0 Å². The van der Waals surface area contributed by atoms with Gasteiger partial charge in [0, 0.05) is 15.6 Å². The first-order chi connectivity index (χ1) is 10.1. The van der Waals surface area contributed by atoms with Gasteiger partial charge in [-0.05, 0) is 36.6 Å². The van der Waals surface area contributed by atoms with E-state index in [1.54, 1.807) is 0 Å². The van der Waals surface area contributed by atoms with Crippen LogP contribution in [-0.2, 0) is 13.0 Å². The lowest BCUT2D eigenvalue weighted by atomic mass is 10.1. The number of rotatable bonds is 5. The second kappa shape index (κ2) is 7.48. The molecule has 0 aliphatic carbocycles. The van der Waals surface area contributed by atoms with Crippen molar-refractivity contribution < 1.29 is 0 Å². The van der Waals surface area contributed by atoms with Crippen molar-refractivity contribution in [2.45, 2.75) is 26.8 Å². The molecule has 110 valence electrons. The third kappa shape index (κ3) is 4.23. The summed E-state index contributed by atoms with van der Waals surface area (Å²) in [5.41, 5.74) is 7.24. The van der Waals surface area contributed by atoms with Crippen molar-refractivity contribution in [3.05, 3.63) is 69.2 Å².